The standard InChI is InChI=1S/C19H22FNS2/c20-15-6-18(22-11-15)17-2-1-16(23-17)10-21-19-7-12-3-13(8-19)5-14(4-12)9-19/h1-2,6,11-14,21H,3-5,7-10H2. The molecule has 0 amide bonds. The van der Waals surface area contributed by atoms with Crippen molar-refractivity contribution < 1.29 is 4.39 Å². The lowest BCUT2D eigenvalue weighted by Crippen LogP contribution is -2.58. The Hall–Kier alpha value is -0.710. The van der Waals surface area contributed by atoms with Crippen molar-refractivity contribution >= 4 is 22.7 Å². The summed E-state index contributed by atoms with van der Waals surface area (Å²) >= 11 is 3.31. The molecule has 4 aliphatic rings. The van der Waals surface area contributed by atoms with Crippen molar-refractivity contribution in [1.82, 2.24) is 5.32 Å². The quantitative estimate of drug-likeness (QED) is 0.751. The van der Waals surface area contributed by atoms with Gasteiger partial charge in [0, 0.05) is 32.1 Å². The average Bonchev–Trinajstić information content (AvgIpc) is 3.12. The van der Waals surface area contributed by atoms with E-state index in [2.05, 4.69) is 17.4 Å². The molecule has 0 aliphatic heterocycles. The maximum atomic E-state index is 13.2. The number of hydrogen-bond acceptors (Lipinski definition) is 3. The van der Waals surface area contributed by atoms with Crippen molar-refractivity contribution in [3.63, 3.8) is 0 Å². The summed E-state index contributed by atoms with van der Waals surface area (Å²) in [5.41, 5.74) is 0.425. The molecule has 23 heavy (non-hydrogen) atoms. The second kappa shape index (κ2) is 5.40. The fourth-order valence-corrected chi connectivity index (χ4v) is 7.45. The number of halogens is 1. The Labute approximate surface area is 144 Å². The van der Waals surface area contributed by atoms with Crippen molar-refractivity contribution in [2.24, 2.45) is 17.8 Å². The van der Waals surface area contributed by atoms with Crippen LogP contribution in [0.2, 0.25) is 0 Å². The minimum Gasteiger partial charge on any atom is -0.306 e. The smallest absolute Gasteiger partial charge is 0.134 e. The third kappa shape index (κ3) is 2.69. The minimum absolute atomic E-state index is 0.119. The predicted molar refractivity (Wildman–Crippen MR) is 95.3 cm³/mol. The van der Waals surface area contributed by atoms with Gasteiger partial charge in [0.15, 0.2) is 0 Å². The van der Waals surface area contributed by atoms with Gasteiger partial charge >= 0.3 is 0 Å². The fraction of sp³-hybridized carbons (Fsp3) is 0.579. The fourth-order valence-electron chi connectivity index (χ4n) is 5.65. The highest BCUT2D eigenvalue weighted by atomic mass is 32.1. The Morgan fingerprint density at radius 2 is 1.74 bits per heavy atom. The molecule has 2 aromatic rings. The van der Waals surface area contributed by atoms with Gasteiger partial charge in [-0.05, 0) is 74.5 Å². The maximum absolute atomic E-state index is 13.2. The molecule has 4 bridgehead atoms. The molecule has 0 aromatic carbocycles. The summed E-state index contributed by atoms with van der Waals surface area (Å²) in [4.78, 5) is 3.62. The number of nitrogens with one attached hydrogen (secondary N) is 1. The van der Waals surface area contributed by atoms with Crippen LogP contribution in [0.5, 0.6) is 0 Å². The molecule has 0 spiro atoms. The van der Waals surface area contributed by atoms with E-state index in [-0.39, 0.29) is 5.82 Å². The normalized spacial score (nSPS) is 35.1. The van der Waals surface area contributed by atoms with Crippen LogP contribution in [0.25, 0.3) is 9.75 Å². The highest BCUT2D eigenvalue weighted by Crippen LogP contribution is 2.55. The molecule has 2 aromatic heterocycles. The highest BCUT2D eigenvalue weighted by Gasteiger charge is 2.50. The van der Waals surface area contributed by atoms with Gasteiger partial charge in [-0.3, -0.25) is 0 Å². The molecule has 1 N–H and O–H groups in total. The first-order chi connectivity index (χ1) is 11.2. The largest absolute Gasteiger partial charge is 0.306 e. The molecule has 6 rings (SSSR count). The minimum atomic E-state index is -0.119. The van der Waals surface area contributed by atoms with Gasteiger partial charge in [0.2, 0.25) is 0 Å². The van der Waals surface area contributed by atoms with E-state index in [4.69, 9.17) is 0 Å². The summed E-state index contributed by atoms with van der Waals surface area (Å²) < 4.78 is 13.2. The second-order valence-corrected chi connectivity index (χ2v) is 10.0. The van der Waals surface area contributed by atoms with Crippen LogP contribution in [0.15, 0.2) is 23.6 Å². The lowest BCUT2D eigenvalue weighted by atomic mass is 9.53. The Balaban J connectivity index is 1.29. The first-order valence-corrected chi connectivity index (χ1v) is 10.5. The Morgan fingerprint density at radius 1 is 1.04 bits per heavy atom. The summed E-state index contributed by atoms with van der Waals surface area (Å²) in [5.74, 6) is 2.84. The lowest BCUT2D eigenvalue weighted by Gasteiger charge is -2.57. The molecule has 4 saturated carbocycles. The maximum Gasteiger partial charge on any atom is 0.134 e. The summed E-state index contributed by atoms with van der Waals surface area (Å²) in [7, 11) is 0. The molecule has 4 aliphatic carbocycles. The molecule has 122 valence electrons. The first kappa shape index (κ1) is 14.6. The van der Waals surface area contributed by atoms with Crippen LogP contribution in [0.4, 0.5) is 4.39 Å². The van der Waals surface area contributed by atoms with Gasteiger partial charge in [0.25, 0.3) is 0 Å². The van der Waals surface area contributed by atoms with Crippen molar-refractivity contribution in [3.8, 4) is 9.75 Å². The summed E-state index contributed by atoms with van der Waals surface area (Å²) in [6.07, 6.45) is 8.67. The highest BCUT2D eigenvalue weighted by molar-refractivity contribution is 7.21. The Kier molecular flexibility index (Phi) is 3.43. The van der Waals surface area contributed by atoms with E-state index in [0.29, 0.717) is 5.54 Å². The van der Waals surface area contributed by atoms with Crippen LogP contribution in [0.3, 0.4) is 0 Å². The molecule has 4 heteroatoms. The molecule has 1 nitrogen and oxygen atoms in total. The van der Waals surface area contributed by atoms with Crippen LogP contribution in [-0.2, 0) is 6.54 Å². The predicted octanol–water partition coefficient (Wildman–Crippen LogP) is 5.67. The van der Waals surface area contributed by atoms with Crippen LogP contribution >= 0.6 is 22.7 Å². The van der Waals surface area contributed by atoms with Gasteiger partial charge in [-0.15, -0.1) is 22.7 Å². The molecule has 4 fully saturated rings. The van der Waals surface area contributed by atoms with E-state index in [1.807, 2.05) is 11.3 Å². The van der Waals surface area contributed by atoms with E-state index in [0.717, 1.165) is 29.2 Å². The first-order valence-electron chi connectivity index (χ1n) is 8.76. The lowest BCUT2D eigenvalue weighted by molar-refractivity contribution is -0.0204. The Bertz CT molecular complexity index is 681. The van der Waals surface area contributed by atoms with E-state index < -0.39 is 0 Å². The van der Waals surface area contributed by atoms with Gasteiger partial charge in [0.1, 0.15) is 5.82 Å². The van der Waals surface area contributed by atoms with Gasteiger partial charge < -0.3 is 5.32 Å². The van der Waals surface area contributed by atoms with Gasteiger partial charge in [-0.1, -0.05) is 0 Å². The number of thiophene rings is 2. The average molecular weight is 348 g/mol. The second-order valence-electron chi connectivity index (χ2n) is 7.95. The summed E-state index contributed by atoms with van der Waals surface area (Å²) in [5, 5.41) is 5.54. The van der Waals surface area contributed by atoms with Gasteiger partial charge in [-0.2, -0.15) is 0 Å². The van der Waals surface area contributed by atoms with Gasteiger partial charge in [0.05, 0.1) is 0 Å². The molecular weight excluding hydrogens is 325 g/mol. The SMILES string of the molecule is Fc1csc(-c2ccc(CNC34CC5CC(CC(C5)C3)C4)s2)c1. The topological polar surface area (TPSA) is 12.0 Å². The van der Waals surface area contributed by atoms with Crippen molar-refractivity contribution in [1.29, 1.82) is 0 Å². The Morgan fingerprint density at radius 3 is 2.35 bits per heavy atom. The van der Waals surface area contributed by atoms with E-state index in [1.54, 1.807) is 11.4 Å². The number of rotatable bonds is 4. The molecule has 0 saturated heterocycles. The monoisotopic (exact) mass is 347 g/mol. The van der Waals surface area contributed by atoms with Crippen LogP contribution in [0, 0.1) is 23.6 Å². The van der Waals surface area contributed by atoms with Crippen LogP contribution < -0.4 is 5.32 Å². The zero-order valence-corrected chi connectivity index (χ0v) is 14.8. The molecule has 0 unspecified atom stereocenters. The molecule has 0 atom stereocenters. The summed E-state index contributed by atoms with van der Waals surface area (Å²) in [6, 6.07) is 6.00. The summed E-state index contributed by atoms with van der Waals surface area (Å²) in [6.45, 7) is 0.977. The molecule has 2 heterocycles. The zero-order chi connectivity index (χ0) is 15.4. The third-order valence-electron chi connectivity index (χ3n) is 6.15. The molecular formula is C19H22FNS2. The van der Waals surface area contributed by atoms with Gasteiger partial charge in [-0.25, -0.2) is 4.39 Å². The zero-order valence-electron chi connectivity index (χ0n) is 13.2. The van der Waals surface area contributed by atoms with E-state index in [9.17, 15) is 4.39 Å². The van der Waals surface area contributed by atoms with Crippen molar-refractivity contribution in [2.75, 3.05) is 0 Å². The molecule has 0 radical (unpaired) electrons. The van der Waals surface area contributed by atoms with Crippen molar-refractivity contribution in [3.05, 3.63) is 34.3 Å². The van der Waals surface area contributed by atoms with E-state index >= 15 is 0 Å². The van der Waals surface area contributed by atoms with Crippen LogP contribution in [0.1, 0.15) is 43.4 Å². The van der Waals surface area contributed by atoms with Crippen molar-refractivity contribution in [2.45, 2.75) is 50.6 Å². The number of hydrogen-bond donors (Lipinski definition) is 1. The third-order valence-corrected chi connectivity index (χ3v) is 8.33. The van der Waals surface area contributed by atoms with E-state index in [1.165, 1.54) is 59.6 Å². The van der Waals surface area contributed by atoms with Crippen LogP contribution in [-0.4, -0.2) is 5.54 Å².